The van der Waals surface area contributed by atoms with Gasteiger partial charge in [-0.2, -0.15) is 0 Å². The lowest BCUT2D eigenvalue weighted by atomic mass is 9.43. The Morgan fingerprint density at radius 1 is 0.915 bits per heavy atom. The molecule has 16 atom stereocenters. The number of methoxy groups -OCH3 is 1. The predicted molar refractivity (Wildman–Crippen MR) is 319 cm³/mol. The molecule has 0 bridgehead atoms. The van der Waals surface area contributed by atoms with Crippen LogP contribution in [0.5, 0.6) is 11.5 Å². The Labute approximate surface area is 484 Å². The number of hydrogen-bond donors (Lipinski definition) is 10. The molecule has 4 saturated carbocycles. The van der Waals surface area contributed by atoms with Gasteiger partial charge in [-0.3, -0.25) is 9.59 Å². The number of aromatic nitrogens is 1. The van der Waals surface area contributed by atoms with Crippen LogP contribution in [0.2, 0.25) is 0 Å². The highest BCUT2D eigenvalue weighted by molar-refractivity contribution is 5.89. The number of ketones is 2. The summed E-state index contributed by atoms with van der Waals surface area (Å²) in [4.78, 5) is 32.5. The second-order valence-corrected chi connectivity index (χ2v) is 26.4. The SMILES string of the molecule is CCNCC1C2c3[nH]ccc3C3CC(=O)CC4NCC(C(CCC5(O)CCCCC5)C1C1CCC5(C#CC(CC(O)C(O)CC(C6=C(CC)CNC(N)=C6)c6ccc7ccccc7c6)c6cc(O)c(OC)cc6CCC5=O)C(O)C1)C2C43. The van der Waals surface area contributed by atoms with Crippen LogP contribution in [0, 0.1) is 58.7 Å². The van der Waals surface area contributed by atoms with Crippen molar-refractivity contribution >= 4 is 22.3 Å². The topological polar surface area (TPSA) is 222 Å². The maximum Gasteiger partial charge on any atom is 0.160 e. The summed E-state index contributed by atoms with van der Waals surface area (Å²) in [6, 6.07) is 20.4. The second-order valence-electron chi connectivity index (χ2n) is 26.4. The van der Waals surface area contributed by atoms with Crippen molar-refractivity contribution in [1.82, 2.24) is 20.9 Å². The summed E-state index contributed by atoms with van der Waals surface area (Å²) in [5, 5.41) is 74.8. The number of nitrogens with two attached hydrogens (primary N) is 1. The first-order chi connectivity index (χ1) is 39.7. The maximum atomic E-state index is 15.2. The van der Waals surface area contributed by atoms with Crippen LogP contribution in [-0.2, 0) is 16.0 Å². The third-order valence-corrected chi connectivity index (χ3v) is 22.3. The lowest BCUT2D eigenvalue weighted by Crippen LogP contribution is -2.65. The molecule has 12 rings (SSSR count). The first kappa shape index (κ1) is 57.0. The number of aromatic amines is 1. The van der Waals surface area contributed by atoms with Gasteiger partial charge in [-0.05, 0) is 206 Å². The van der Waals surface area contributed by atoms with Crippen molar-refractivity contribution in [3.8, 4) is 23.3 Å². The molecule has 6 aliphatic carbocycles. The average Bonchev–Trinajstić information content (AvgIpc) is 1.22. The number of aliphatic hydroxyl groups excluding tert-OH is 3. The van der Waals surface area contributed by atoms with Crippen LogP contribution < -0.4 is 26.4 Å². The predicted octanol–water partition coefficient (Wildman–Crippen LogP) is 9.04. The number of Topliss-reactive ketones (excluding diaryl/α,β-unsaturated/α-hetero) is 2. The number of allylic oxidation sites excluding steroid dienone is 2. The highest BCUT2D eigenvalue weighted by atomic mass is 16.5. The molecule has 0 amide bonds. The molecule has 13 heteroatoms. The van der Waals surface area contributed by atoms with Gasteiger partial charge in [0.25, 0.3) is 0 Å². The second kappa shape index (κ2) is 23.5. The van der Waals surface area contributed by atoms with Crippen molar-refractivity contribution in [2.45, 2.75) is 177 Å². The molecule has 11 N–H and O–H groups in total. The summed E-state index contributed by atoms with van der Waals surface area (Å²) < 4.78 is 5.62. The highest BCUT2D eigenvalue weighted by Gasteiger charge is 2.63. The molecule has 1 spiro atoms. The van der Waals surface area contributed by atoms with Gasteiger partial charge in [-0.15, -0.1) is 0 Å². The molecule has 13 nitrogen and oxygen atoms in total. The minimum atomic E-state index is -1.38. The smallest absolute Gasteiger partial charge is 0.160 e. The van der Waals surface area contributed by atoms with Gasteiger partial charge >= 0.3 is 0 Å². The van der Waals surface area contributed by atoms with Gasteiger partial charge < -0.3 is 56.9 Å². The number of nitrogens with one attached hydrogen (secondary N) is 4. The van der Waals surface area contributed by atoms with E-state index in [-0.39, 0.29) is 84.0 Å². The molecular weight excluding hydrogens is 1030 g/mol. The summed E-state index contributed by atoms with van der Waals surface area (Å²) in [5.74, 6) is 9.07. The Morgan fingerprint density at radius 3 is 2.51 bits per heavy atom. The van der Waals surface area contributed by atoms with Crippen molar-refractivity contribution in [1.29, 1.82) is 0 Å². The highest BCUT2D eigenvalue weighted by Crippen LogP contribution is 2.66. The number of hydrogen-bond acceptors (Lipinski definition) is 12. The molecule has 16 unspecified atom stereocenters. The fraction of sp³-hybridized carbons (Fsp3) is 0.594. The summed E-state index contributed by atoms with van der Waals surface area (Å²) in [7, 11) is 1.50. The van der Waals surface area contributed by atoms with E-state index >= 15 is 4.79 Å². The number of phenolic OH excluding ortho intramolecular Hbond substituents is 1. The quantitative estimate of drug-likeness (QED) is 0.0475. The molecule has 1 aromatic heterocycles. The number of piperidine rings is 1. The molecule has 2 aliphatic heterocycles. The molecule has 438 valence electrons. The van der Waals surface area contributed by atoms with Crippen molar-refractivity contribution < 1.29 is 39.9 Å². The summed E-state index contributed by atoms with van der Waals surface area (Å²) in [6.45, 7) is 7.34. The number of ether oxygens (including phenoxy) is 1. The standard InChI is InChI=1S/C69H89N5O8/c1-4-39-36-74-62(70)35-51(39)50(42-14-13-40-11-7-8-12-41(40)27-42)34-57(77)56(76)28-44-17-24-69(60(79)16-15-43-29-59(82-3)58(78)33-49(43)44)25-18-45(30-61(69)80)63-47(19-23-68(81)21-9-6-10-22-68)53-38-73-55-32-46(75)31-52-48-20-26-72-67(48)66(65(53)64(52)55)54(63)37-71-5-2/h7-8,11-14,20,26-27,29,33,35,44-45,47,50,52-57,61,63-66,71-74,76-78,80-81H,4-6,9-10,15-16,18-19,21-23,25,28,30-32,34,36-38,70H2,1-3H3. The number of H-pyrrole nitrogens is 1. The molecule has 8 aliphatic rings. The molecule has 3 heterocycles. The zero-order valence-corrected chi connectivity index (χ0v) is 48.5. The van der Waals surface area contributed by atoms with Crippen LogP contribution in [0.15, 0.2) is 89.9 Å². The fourth-order valence-electron chi connectivity index (χ4n) is 18.3. The van der Waals surface area contributed by atoms with Crippen LogP contribution in [0.1, 0.15) is 168 Å². The molecule has 5 fully saturated rings. The lowest BCUT2D eigenvalue weighted by molar-refractivity contribution is -0.141. The monoisotopic (exact) mass is 1120 g/mol. The Morgan fingerprint density at radius 2 is 1.73 bits per heavy atom. The molecule has 4 aromatic rings. The van der Waals surface area contributed by atoms with Crippen LogP contribution in [0.25, 0.3) is 10.8 Å². The minimum absolute atomic E-state index is 0.0113. The Kier molecular flexibility index (Phi) is 16.4. The first-order valence-corrected chi connectivity index (χ1v) is 31.5. The third kappa shape index (κ3) is 10.5. The largest absolute Gasteiger partial charge is 0.504 e. The number of benzene rings is 3. The van der Waals surface area contributed by atoms with Crippen LogP contribution in [0.4, 0.5) is 0 Å². The number of fused-ring (bicyclic) bond motifs is 5. The van der Waals surface area contributed by atoms with Crippen molar-refractivity contribution in [2.75, 3.05) is 33.3 Å². The molecule has 82 heavy (non-hydrogen) atoms. The molecular formula is C69H89N5O8. The number of aliphatic hydroxyl groups is 4. The molecule has 0 radical (unpaired) electrons. The Hall–Kier alpha value is -5.46. The molecule has 1 saturated heterocycles. The number of carbonyl (C=O) groups is 2. The summed E-state index contributed by atoms with van der Waals surface area (Å²) >= 11 is 0. The number of dihydropyridines is 1. The van der Waals surface area contributed by atoms with E-state index in [2.05, 4.69) is 89.2 Å². The van der Waals surface area contributed by atoms with Gasteiger partial charge in [0.15, 0.2) is 17.3 Å². The van der Waals surface area contributed by atoms with E-state index in [9.17, 15) is 30.3 Å². The van der Waals surface area contributed by atoms with E-state index in [1.165, 1.54) is 23.9 Å². The average molecular weight is 1120 g/mol. The minimum Gasteiger partial charge on any atom is -0.504 e. The van der Waals surface area contributed by atoms with Crippen molar-refractivity contribution in [2.24, 2.45) is 52.6 Å². The third-order valence-electron chi connectivity index (χ3n) is 22.3. The number of carbonyl (C=O) groups excluding carboxylic acids is 2. The van der Waals surface area contributed by atoms with Gasteiger partial charge in [-0.25, -0.2) is 0 Å². The van der Waals surface area contributed by atoms with Crippen LogP contribution in [0.3, 0.4) is 0 Å². The van der Waals surface area contributed by atoms with Crippen molar-refractivity contribution in [3.05, 3.63) is 118 Å². The van der Waals surface area contributed by atoms with E-state index < -0.39 is 35.2 Å². The van der Waals surface area contributed by atoms with E-state index in [0.29, 0.717) is 80.0 Å². The number of rotatable bonds is 16. The zero-order chi connectivity index (χ0) is 57.0. The number of aryl methyl sites for hydroxylation is 1. The van der Waals surface area contributed by atoms with Gasteiger partial charge in [0.1, 0.15) is 11.2 Å². The zero-order valence-electron chi connectivity index (χ0n) is 48.5. The summed E-state index contributed by atoms with van der Waals surface area (Å²) in [6.07, 6.45) is 11.1. The van der Waals surface area contributed by atoms with Gasteiger partial charge in [-0.1, -0.05) is 87.4 Å². The fourth-order valence-corrected chi connectivity index (χ4v) is 18.3. The van der Waals surface area contributed by atoms with Crippen LogP contribution >= 0.6 is 0 Å². The van der Waals surface area contributed by atoms with Gasteiger partial charge in [0.2, 0.25) is 0 Å². The normalized spacial score (nSPS) is 33.2. The van der Waals surface area contributed by atoms with Crippen molar-refractivity contribution in [3.63, 3.8) is 0 Å². The maximum absolute atomic E-state index is 15.2. The number of aromatic hydroxyl groups is 1. The first-order valence-electron chi connectivity index (χ1n) is 31.5. The lowest BCUT2D eigenvalue weighted by Gasteiger charge is -2.64. The van der Waals surface area contributed by atoms with Gasteiger partial charge in [0.05, 0.1) is 36.8 Å². The Bertz CT molecular complexity index is 3150. The summed E-state index contributed by atoms with van der Waals surface area (Å²) in [5.41, 5.74) is 11.6. The van der Waals surface area contributed by atoms with E-state index in [0.717, 1.165) is 98.5 Å². The van der Waals surface area contributed by atoms with E-state index in [4.69, 9.17) is 10.5 Å². The van der Waals surface area contributed by atoms with Gasteiger partial charge in [0, 0.05) is 61.5 Å². The van der Waals surface area contributed by atoms with E-state index in [1.807, 2.05) is 18.2 Å². The number of phenols is 1. The molecule has 3 aromatic carbocycles. The van der Waals surface area contributed by atoms with E-state index in [1.54, 1.807) is 12.1 Å². The van der Waals surface area contributed by atoms with Crippen LogP contribution in [-0.4, -0.2) is 105 Å². The Balaban J connectivity index is 0.879.